The Morgan fingerprint density at radius 3 is 2.71 bits per heavy atom. The molecule has 2 rings (SSSR count). The van der Waals surface area contributed by atoms with Crippen molar-refractivity contribution < 1.29 is 5.11 Å². The Kier molecular flexibility index (Phi) is 4.00. The van der Waals surface area contributed by atoms with Gasteiger partial charge in [-0.2, -0.15) is 0 Å². The van der Waals surface area contributed by atoms with E-state index in [4.69, 9.17) is 11.6 Å². The van der Waals surface area contributed by atoms with Gasteiger partial charge in [0.05, 0.1) is 6.10 Å². The molecule has 0 saturated heterocycles. The summed E-state index contributed by atoms with van der Waals surface area (Å²) in [5.41, 5.74) is 1.05. The van der Waals surface area contributed by atoms with Gasteiger partial charge in [0.2, 0.25) is 0 Å². The zero-order chi connectivity index (χ0) is 12.3. The van der Waals surface area contributed by atoms with Crippen LogP contribution in [0.1, 0.15) is 11.8 Å². The van der Waals surface area contributed by atoms with Crippen LogP contribution in [0.3, 0.4) is 0 Å². The van der Waals surface area contributed by atoms with Gasteiger partial charge in [-0.25, -0.2) is 0 Å². The van der Waals surface area contributed by atoms with Crippen LogP contribution in [0.25, 0.3) is 16.5 Å². The third kappa shape index (κ3) is 3.19. The molecular formula is C14H13ClOS. The van der Waals surface area contributed by atoms with E-state index >= 15 is 0 Å². The summed E-state index contributed by atoms with van der Waals surface area (Å²) < 4.78 is 0. The van der Waals surface area contributed by atoms with Gasteiger partial charge in [0.25, 0.3) is 0 Å². The van der Waals surface area contributed by atoms with Crippen molar-refractivity contribution in [1.29, 1.82) is 0 Å². The lowest BCUT2D eigenvalue weighted by molar-refractivity contribution is 0.245. The molecule has 1 nitrogen and oxygen atoms in total. The van der Waals surface area contributed by atoms with Gasteiger partial charge in [-0.05, 0) is 31.2 Å². The summed E-state index contributed by atoms with van der Waals surface area (Å²) in [5.74, 6) is 0. The van der Waals surface area contributed by atoms with Gasteiger partial charge in [-0.1, -0.05) is 35.9 Å². The number of halogens is 1. The molecule has 1 heterocycles. The van der Waals surface area contributed by atoms with Crippen LogP contribution in [0.4, 0.5) is 0 Å². The fourth-order valence-corrected chi connectivity index (χ4v) is 2.74. The molecule has 0 radical (unpaired) electrons. The lowest BCUT2D eigenvalue weighted by atomic mass is 10.2. The van der Waals surface area contributed by atoms with E-state index in [1.807, 2.05) is 42.5 Å². The van der Waals surface area contributed by atoms with Crippen molar-refractivity contribution in [3.05, 3.63) is 52.4 Å². The molecule has 0 aliphatic heterocycles. The van der Waals surface area contributed by atoms with Crippen LogP contribution in [-0.4, -0.2) is 11.2 Å². The quantitative estimate of drug-likeness (QED) is 0.868. The minimum Gasteiger partial charge on any atom is -0.389 e. The molecule has 3 heteroatoms. The van der Waals surface area contributed by atoms with Crippen molar-refractivity contribution in [3.8, 4) is 10.4 Å². The Bertz CT molecular complexity index is 529. The molecule has 88 valence electrons. The van der Waals surface area contributed by atoms with Crippen molar-refractivity contribution in [2.45, 2.75) is 13.0 Å². The third-order valence-corrected chi connectivity index (χ3v) is 3.72. The first kappa shape index (κ1) is 12.4. The van der Waals surface area contributed by atoms with Gasteiger partial charge in [0.1, 0.15) is 0 Å². The average molecular weight is 265 g/mol. The molecule has 1 aromatic carbocycles. The lowest BCUT2D eigenvalue weighted by Gasteiger charge is -1.99. The van der Waals surface area contributed by atoms with Crippen LogP contribution in [0.5, 0.6) is 0 Å². The van der Waals surface area contributed by atoms with Crippen molar-refractivity contribution >= 4 is 29.0 Å². The zero-order valence-corrected chi connectivity index (χ0v) is 11.0. The van der Waals surface area contributed by atoms with Gasteiger partial charge in [0, 0.05) is 20.3 Å². The molecule has 0 saturated carbocycles. The number of rotatable bonds is 3. The van der Waals surface area contributed by atoms with Crippen LogP contribution >= 0.6 is 22.9 Å². The van der Waals surface area contributed by atoms with Gasteiger partial charge in [-0.3, -0.25) is 0 Å². The molecule has 0 spiro atoms. The minimum absolute atomic E-state index is 0.416. The molecule has 17 heavy (non-hydrogen) atoms. The predicted molar refractivity (Wildman–Crippen MR) is 75.5 cm³/mol. The Morgan fingerprint density at radius 2 is 2.00 bits per heavy atom. The monoisotopic (exact) mass is 264 g/mol. The smallest absolute Gasteiger partial charge is 0.0696 e. The van der Waals surface area contributed by atoms with E-state index in [2.05, 4.69) is 0 Å². The molecule has 0 amide bonds. The highest BCUT2D eigenvalue weighted by Gasteiger charge is 2.04. The van der Waals surface area contributed by atoms with Crippen LogP contribution in [0.15, 0.2) is 42.5 Å². The van der Waals surface area contributed by atoms with E-state index in [1.165, 1.54) is 0 Å². The summed E-state index contributed by atoms with van der Waals surface area (Å²) in [6.45, 7) is 1.74. The second-order valence-electron chi connectivity index (χ2n) is 3.78. The van der Waals surface area contributed by atoms with E-state index in [9.17, 15) is 5.11 Å². The molecule has 0 aliphatic carbocycles. The summed E-state index contributed by atoms with van der Waals surface area (Å²) in [4.78, 5) is 2.25. The molecule has 1 N–H and O–H groups in total. The molecule has 0 bridgehead atoms. The maximum Gasteiger partial charge on any atom is 0.0696 e. The first-order valence-corrected chi connectivity index (χ1v) is 6.57. The maximum atomic E-state index is 9.18. The Hall–Kier alpha value is -1.09. The fraction of sp³-hybridized carbons (Fsp3) is 0.143. The number of benzene rings is 1. The Morgan fingerprint density at radius 1 is 1.24 bits per heavy atom. The van der Waals surface area contributed by atoms with Gasteiger partial charge < -0.3 is 5.11 Å². The number of hydrogen-bond donors (Lipinski definition) is 1. The fourth-order valence-electron chi connectivity index (χ4n) is 1.48. The van der Waals surface area contributed by atoms with Crippen LogP contribution < -0.4 is 0 Å². The number of aliphatic hydroxyl groups is 1. The van der Waals surface area contributed by atoms with Gasteiger partial charge >= 0.3 is 0 Å². The first-order valence-electron chi connectivity index (χ1n) is 5.38. The summed E-state index contributed by atoms with van der Waals surface area (Å²) in [6.07, 6.45) is 3.28. The van der Waals surface area contributed by atoms with E-state index in [0.717, 1.165) is 20.3 Å². The molecule has 0 fully saturated rings. The topological polar surface area (TPSA) is 20.2 Å². The van der Waals surface area contributed by atoms with Crippen LogP contribution in [-0.2, 0) is 0 Å². The maximum absolute atomic E-state index is 9.18. The normalized spacial score (nSPS) is 13.1. The van der Waals surface area contributed by atoms with Crippen molar-refractivity contribution in [2.75, 3.05) is 0 Å². The molecule has 1 unspecified atom stereocenters. The van der Waals surface area contributed by atoms with Crippen molar-refractivity contribution in [2.24, 2.45) is 0 Å². The zero-order valence-electron chi connectivity index (χ0n) is 9.43. The first-order chi connectivity index (χ1) is 8.16. The molecule has 1 atom stereocenters. The van der Waals surface area contributed by atoms with Crippen molar-refractivity contribution in [3.63, 3.8) is 0 Å². The van der Waals surface area contributed by atoms with Crippen LogP contribution in [0, 0.1) is 0 Å². The summed E-state index contributed by atoms with van der Waals surface area (Å²) in [6, 6.07) is 11.9. The minimum atomic E-state index is -0.416. The highest BCUT2D eigenvalue weighted by atomic mass is 35.5. The summed E-state index contributed by atoms with van der Waals surface area (Å²) in [7, 11) is 0. The summed E-state index contributed by atoms with van der Waals surface area (Å²) >= 11 is 7.80. The SMILES string of the molecule is CC(O)/C=C/c1ccc(-c2ccccc2Cl)s1. The van der Waals surface area contributed by atoms with Crippen LogP contribution in [0.2, 0.25) is 5.02 Å². The third-order valence-electron chi connectivity index (χ3n) is 2.31. The standard InChI is InChI=1S/C14H13ClOS/c1-10(16)6-7-11-8-9-14(17-11)12-4-2-3-5-13(12)15/h2-10,16H,1H3/b7-6+. The number of hydrogen-bond acceptors (Lipinski definition) is 2. The second-order valence-corrected chi connectivity index (χ2v) is 5.30. The summed E-state index contributed by atoms with van der Waals surface area (Å²) in [5, 5.41) is 9.94. The van der Waals surface area contributed by atoms with E-state index in [1.54, 1.807) is 24.3 Å². The van der Waals surface area contributed by atoms with Gasteiger partial charge in [0.15, 0.2) is 0 Å². The van der Waals surface area contributed by atoms with E-state index in [-0.39, 0.29) is 0 Å². The van der Waals surface area contributed by atoms with Gasteiger partial charge in [-0.15, -0.1) is 11.3 Å². The van der Waals surface area contributed by atoms with Crippen molar-refractivity contribution in [1.82, 2.24) is 0 Å². The second kappa shape index (κ2) is 5.50. The predicted octanol–water partition coefficient (Wildman–Crippen LogP) is 4.46. The highest BCUT2D eigenvalue weighted by molar-refractivity contribution is 7.16. The van der Waals surface area contributed by atoms with E-state index in [0.29, 0.717) is 0 Å². The number of thiophene rings is 1. The molecule has 0 aliphatic rings. The Balaban J connectivity index is 2.27. The van der Waals surface area contributed by atoms with E-state index < -0.39 is 6.10 Å². The molecule has 1 aromatic heterocycles. The largest absolute Gasteiger partial charge is 0.389 e. The highest BCUT2D eigenvalue weighted by Crippen LogP contribution is 2.33. The number of aliphatic hydroxyl groups excluding tert-OH is 1. The molecule has 2 aromatic rings. The average Bonchev–Trinajstić information content (AvgIpc) is 2.75. The Labute approximate surface area is 110 Å². The lowest BCUT2D eigenvalue weighted by Crippen LogP contribution is -1.90. The molecular weight excluding hydrogens is 252 g/mol.